The van der Waals surface area contributed by atoms with Crippen LogP contribution < -0.4 is 10.5 Å². The van der Waals surface area contributed by atoms with Gasteiger partial charge in [-0.15, -0.1) is 11.3 Å². The van der Waals surface area contributed by atoms with Crippen molar-refractivity contribution in [2.24, 2.45) is 24.6 Å². The molecule has 2 aliphatic heterocycles. The first kappa shape index (κ1) is 30.4. The lowest BCUT2D eigenvalue weighted by Gasteiger charge is -2.42. The molecule has 11 nitrogen and oxygen atoms in total. The number of primary amides is 1. The van der Waals surface area contributed by atoms with E-state index in [2.05, 4.69) is 5.10 Å². The van der Waals surface area contributed by atoms with Gasteiger partial charge in [0.1, 0.15) is 12.1 Å². The van der Waals surface area contributed by atoms with Gasteiger partial charge in [-0.05, 0) is 66.7 Å². The van der Waals surface area contributed by atoms with E-state index in [0.29, 0.717) is 30.8 Å². The lowest BCUT2D eigenvalue weighted by atomic mass is 10.0. The lowest BCUT2D eigenvalue weighted by Crippen LogP contribution is -2.61. The second-order valence-electron chi connectivity index (χ2n) is 11.3. The number of hydrogen-bond acceptors (Lipinski definition) is 8. The van der Waals surface area contributed by atoms with Crippen molar-refractivity contribution in [3.63, 3.8) is 0 Å². The van der Waals surface area contributed by atoms with Gasteiger partial charge in [-0.2, -0.15) is 5.10 Å². The Balaban J connectivity index is 0.000000189. The molecule has 2 saturated heterocycles. The number of likely N-dealkylation sites (tertiary alicyclic amines) is 2. The lowest BCUT2D eigenvalue weighted by molar-refractivity contribution is -0.152. The second kappa shape index (κ2) is 13.1. The van der Waals surface area contributed by atoms with E-state index < -0.39 is 14.3 Å². The van der Waals surface area contributed by atoms with Crippen LogP contribution in [-0.2, 0) is 22.8 Å². The van der Waals surface area contributed by atoms with Crippen LogP contribution in [0.5, 0.6) is 5.75 Å². The number of nitrogens with zero attached hydrogens (tertiary/aromatic N) is 4. The number of aromatic nitrogens is 2. The van der Waals surface area contributed by atoms with Crippen LogP contribution >= 0.6 is 19.7 Å². The first-order chi connectivity index (χ1) is 20.1. The third kappa shape index (κ3) is 7.29. The first-order valence-corrected chi connectivity index (χ1v) is 16.6. The zero-order valence-electron chi connectivity index (χ0n) is 23.9. The van der Waals surface area contributed by atoms with E-state index in [-0.39, 0.29) is 30.1 Å². The molecular formula is C29H38N5O6PS. The molecule has 0 bridgehead atoms. The first-order valence-electron chi connectivity index (χ1n) is 14.3. The minimum Gasteiger partial charge on any atom is -0.483 e. The summed E-state index contributed by atoms with van der Waals surface area (Å²) in [6.45, 7) is 3.89. The van der Waals surface area contributed by atoms with Crippen LogP contribution in [0.15, 0.2) is 36.7 Å². The standard InChI is InChI=1S/C19H28N4O3.C10H10NO3PS/c1-3-17(23-7-6-14-8-13(14)4-5-18(23)24)19(25)22-11-16(12-22)26-15-9-20-21(2)10-15;11-10(12)9-4-7-3-6(5-15(13)14)1-2-8(7)16-9/h9-10,13-14,16-17H,3-8,11-12H2,1-2H3;1-4,13-14H,5H2,(H2,11,12)/t13?,14?,17-;/m0./s1. The Morgan fingerprint density at radius 1 is 1.21 bits per heavy atom. The quantitative estimate of drug-likeness (QED) is 0.329. The summed E-state index contributed by atoms with van der Waals surface area (Å²) in [5.41, 5.74) is 6.04. The fourth-order valence-corrected chi connectivity index (χ4v) is 7.21. The summed E-state index contributed by atoms with van der Waals surface area (Å²) >= 11 is 1.34. The summed E-state index contributed by atoms with van der Waals surface area (Å²) in [6.07, 6.45) is 8.34. The molecule has 2 aromatic heterocycles. The van der Waals surface area contributed by atoms with E-state index in [1.54, 1.807) is 16.9 Å². The molecule has 6 rings (SSSR count). The molecule has 1 aliphatic carbocycles. The maximum atomic E-state index is 13.0. The number of fused-ring (bicyclic) bond motifs is 2. The largest absolute Gasteiger partial charge is 0.483 e. The molecule has 3 fully saturated rings. The summed E-state index contributed by atoms with van der Waals surface area (Å²) in [4.78, 5) is 58.6. The number of carbonyl (C=O) groups excluding carboxylic acids is 3. The SMILES string of the molecule is CC[C@@H](C(=O)N1CC(Oc2cnn(C)c2)C1)N1CCC2CC2CCC1=O.NC(=O)c1cc2cc(CP(O)O)ccc2s1. The van der Waals surface area contributed by atoms with Crippen molar-refractivity contribution in [3.05, 3.63) is 47.1 Å². The molecule has 0 radical (unpaired) electrons. The maximum Gasteiger partial charge on any atom is 0.258 e. The van der Waals surface area contributed by atoms with Crippen molar-refractivity contribution in [2.75, 3.05) is 19.6 Å². The van der Waals surface area contributed by atoms with Crippen LogP contribution in [0.25, 0.3) is 10.1 Å². The van der Waals surface area contributed by atoms with Crippen molar-refractivity contribution >= 4 is 47.5 Å². The topological polar surface area (TPSA) is 151 Å². The maximum absolute atomic E-state index is 13.0. The van der Waals surface area contributed by atoms with E-state index in [4.69, 9.17) is 20.3 Å². The zero-order valence-corrected chi connectivity index (χ0v) is 25.6. The van der Waals surface area contributed by atoms with Crippen molar-refractivity contribution in [1.82, 2.24) is 19.6 Å². The summed E-state index contributed by atoms with van der Waals surface area (Å²) < 4.78 is 8.50. The number of benzene rings is 1. The predicted octanol–water partition coefficient (Wildman–Crippen LogP) is 3.23. The Kier molecular flexibility index (Phi) is 9.47. The van der Waals surface area contributed by atoms with Crippen molar-refractivity contribution in [1.29, 1.82) is 0 Å². The molecule has 4 heterocycles. The molecule has 4 N–H and O–H groups in total. The number of ether oxygens (including phenoxy) is 1. The number of rotatable bonds is 8. The molecule has 3 aromatic rings. The fraction of sp³-hybridized carbons (Fsp3) is 0.517. The minimum absolute atomic E-state index is 0.0101. The Morgan fingerprint density at radius 2 is 1.98 bits per heavy atom. The van der Waals surface area contributed by atoms with Gasteiger partial charge in [0.15, 0.2) is 14.1 Å². The molecule has 0 spiro atoms. The molecule has 3 aliphatic rings. The molecule has 13 heteroatoms. The van der Waals surface area contributed by atoms with Gasteiger partial charge < -0.3 is 30.1 Å². The van der Waals surface area contributed by atoms with Crippen molar-refractivity contribution < 1.29 is 28.9 Å². The molecule has 3 atom stereocenters. The fourth-order valence-electron chi connectivity index (χ4n) is 5.79. The molecule has 226 valence electrons. The molecule has 1 aromatic carbocycles. The third-order valence-electron chi connectivity index (χ3n) is 8.20. The van der Waals surface area contributed by atoms with Crippen LogP contribution in [0, 0.1) is 11.8 Å². The van der Waals surface area contributed by atoms with Crippen LogP contribution in [0.3, 0.4) is 0 Å². The van der Waals surface area contributed by atoms with E-state index in [9.17, 15) is 14.4 Å². The highest BCUT2D eigenvalue weighted by atomic mass is 32.1. The number of thiophene rings is 1. The summed E-state index contributed by atoms with van der Waals surface area (Å²) in [6, 6.07) is 6.94. The Labute approximate surface area is 250 Å². The van der Waals surface area contributed by atoms with Gasteiger partial charge in [0, 0.05) is 30.9 Å². The monoisotopic (exact) mass is 615 g/mol. The Bertz CT molecular complexity index is 1440. The van der Waals surface area contributed by atoms with Crippen molar-refractivity contribution in [3.8, 4) is 5.75 Å². The van der Waals surface area contributed by atoms with Gasteiger partial charge in [-0.3, -0.25) is 19.1 Å². The van der Waals surface area contributed by atoms with Gasteiger partial charge in [0.05, 0.1) is 30.4 Å². The van der Waals surface area contributed by atoms with E-state index in [1.807, 2.05) is 48.2 Å². The van der Waals surface area contributed by atoms with Crippen LogP contribution in [-0.4, -0.2) is 78.9 Å². The van der Waals surface area contributed by atoms with E-state index in [0.717, 1.165) is 52.6 Å². The highest BCUT2D eigenvalue weighted by Crippen LogP contribution is 2.46. The van der Waals surface area contributed by atoms with Crippen LogP contribution in [0.2, 0.25) is 0 Å². The van der Waals surface area contributed by atoms with E-state index in [1.165, 1.54) is 17.8 Å². The van der Waals surface area contributed by atoms with Gasteiger partial charge in [-0.25, -0.2) is 0 Å². The zero-order chi connectivity index (χ0) is 30.0. The average molecular weight is 616 g/mol. The smallest absolute Gasteiger partial charge is 0.258 e. The highest BCUT2D eigenvalue weighted by Gasteiger charge is 2.43. The van der Waals surface area contributed by atoms with E-state index >= 15 is 0 Å². The minimum atomic E-state index is -1.93. The molecule has 3 amide bonds. The Morgan fingerprint density at radius 3 is 2.64 bits per heavy atom. The average Bonchev–Trinajstić information content (AvgIpc) is 3.29. The van der Waals surface area contributed by atoms with Gasteiger partial charge >= 0.3 is 0 Å². The molecule has 42 heavy (non-hydrogen) atoms. The molecule has 2 unspecified atom stereocenters. The van der Waals surface area contributed by atoms with Gasteiger partial charge in [0.2, 0.25) is 11.8 Å². The Hall–Kier alpha value is -3.05. The van der Waals surface area contributed by atoms with Gasteiger partial charge in [-0.1, -0.05) is 13.0 Å². The summed E-state index contributed by atoms with van der Waals surface area (Å²) in [5, 5.41) is 5.00. The predicted molar refractivity (Wildman–Crippen MR) is 161 cm³/mol. The second-order valence-corrected chi connectivity index (χ2v) is 13.4. The number of aryl methyl sites for hydroxylation is 1. The third-order valence-corrected chi connectivity index (χ3v) is 9.98. The number of amides is 3. The van der Waals surface area contributed by atoms with Crippen molar-refractivity contribution in [2.45, 2.75) is 57.3 Å². The van der Waals surface area contributed by atoms with Gasteiger partial charge in [0.25, 0.3) is 5.91 Å². The normalized spacial score (nSPS) is 21.1. The summed E-state index contributed by atoms with van der Waals surface area (Å²) in [5.74, 6) is 2.06. The van der Waals surface area contributed by atoms with Crippen LogP contribution in [0.4, 0.5) is 0 Å². The summed E-state index contributed by atoms with van der Waals surface area (Å²) in [7, 11) is -0.0792. The number of nitrogens with two attached hydrogens (primary N) is 1. The molecule has 1 saturated carbocycles. The number of hydrogen-bond donors (Lipinski definition) is 3. The molecular weight excluding hydrogens is 577 g/mol. The highest BCUT2D eigenvalue weighted by molar-refractivity contribution is 7.44. The number of carbonyl (C=O) groups is 3. The van der Waals surface area contributed by atoms with Crippen LogP contribution in [0.1, 0.15) is 54.3 Å².